The van der Waals surface area contributed by atoms with E-state index in [0.29, 0.717) is 12.8 Å². The molecule has 0 amide bonds. The molecule has 20 heavy (non-hydrogen) atoms. The van der Waals surface area contributed by atoms with Crippen molar-refractivity contribution in [3.05, 3.63) is 22.1 Å². The number of nitrogens with one attached hydrogen (secondary N) is 1. The van der Waals surface area contributed by atoms with Crippen LogP contribution in [0.3, 0.4) is 0 Å². The van der Waals surface area contributed by atoms with Crippen molar-refractivity contribution in [2.24, 2.45) is 0 Å². The summed E-state index contributed by atoms with van der Waals surface area (Å²) in [5.74, 6) is -0.0522. The van der Waals surface area contributed by atoms with Gasteiger partial charge in [-0.25, -0.2) is 23.1 Å². The number of sulfonamides is 1. The average Bonchev–Trinajstić information content (AvgIpc) is 2.85. The molecule has 0 saturated carbocycles. The fourth-order valence-electron chi connectivity index (χ4n) is 1.52. The molecular formula is C10H12ClN5O2S2. The molecule has 0 fully saturated rings. The van der Waals surface area contributed by atoms with Gasteiger partial charge in [0.25, 0.3) is 16.0 Å². The lowest BCUT2D eigenvalue weighted by Crippen LogP contribution is -2.16. The molecule has 2 rings (SSSR count). The third kappa shape index (κ3) is 3.22. The van der Waals surface area contributed by atoms with E-state index < -0.39 is 10.0 Å². The predicted octanol–water partition coefficient (Wildman–Crippen LogP) is 1.91. The van der Waals surface area contributed by atoms with E-state index in [1.54, 1.807) is 0 Å². The first kappa shape index (κ1) is 15.1. The minimum absolute atomic E-state index is 0.00344. The van der Waals surface area contributed by atoms with E-state index in [4.69, 9.17) is 11.6 Å². The van der Waals surface area contributed by atoms with Gasteiger partial charge < -0.3 is 0 Å². The van der Waals surface area contributed by atoms with Gasteiger partial charge in [-0.3, -0.25) is 0 Å². The van der Waals surface area contributed by atoms with E-state index in [1.807, 2.05) is 13.8 Å². The van der Waals surface area contributed by atoms with Crippen molar-refractivity contribution < 1.29 is 8.42 Å². The topological polar surface area (TPSA) is 97.7 Å². The fourth-order valence-corrected chi connectivity index (χ4v) is 3.75. The van der Waals surface area contributed by atoms with Crippen molar-refractivity contribution >= 4 is 38.9 Å². The number of rotatable bonds is 5. The Kier molecular flexibility index (Phi) is 4.51. The standard InChI is InChI=1S/C10H12ClN5O2S2/c1-3-6-7(4-2)14-15-10(13-6)16-20(17,18)8-5-12-9(11)19-8/h5H,3-4H2,1-2H3,(H,13,15,16). The van der Waals surface area contributed by atoms with Gasteiger partial charge in [0.15, 0.2) is 8.68 Å². The summed E-state index contributed by atoms with van der Waals surface area (Å²) < 4.78 is 26.6. The first-order valence-electron chi connectivity index (χ1n) is 5.83. The van der Waals surface area contributed by atoms with Crippen LogP contribution in [0.5, 0.6) is 0 Å². The monoisotopic (exact) mass is 333 g/mol. The molecule has 1 N–H and O–H groups in total. The van der Waals surface area contributed by atoms with Gasteiger partial charge in [0.1, 0.15) is 0 Å². The summed E-state index contributed by atoms with van der Waals surface area (Å²) in [5.41, 5.74) is 1.49. The molecule has 10 heteroatoms. The van der Waals surface area contributed by atoms with Gasteiger partial charge in [0.05, 0.1) is 17.6 Å². The van der Waals surface area contributed by atoms with E-state index in [1.165, 1.54) is 6.20 Å². The highest BCUT2D eigenvalue weighted by Crippen LogP contribution is 2.23. The predicted molar refractivity (Wildman–Crippen MR) is 76.5 cm³/mol. The van der Waals surface area contributed by atoms with Crippen molar-refractivity contribution in [2.45, 2.75) is 30.9 Å². The third-order valence-corrected chi connectivity index (χ3v) is 5.36. The van der Waals surface area contributed by atoms with Crippen LogP contribution >= 0.6 is 22.9 Å². The van der Waals surface area contributed by atoms with E-state index in [-0.39, 0.29) is 14.6 Å². The first-order valence-corrected chi connectivity index (χ1v) is 8.50. The van der Waals surface area contributed by atoms with Gasteiger partial charge in [-0.05, 0) is 12.8 Å². The number of hydrogen-bond donors (Lipinski definition) is 1. The van der Waals surface area contributed by atoms with Crippen molar-refractivity contribution in [1.29, 1.82) is 0 Å². The SMILES string of the molecule is CCc1nnc(NS(=O)(=O)c2cnc(Cl)s2)nc1CC. The summed E-state index contributed by atoms with van der Waals surface area (Å²) in [4.78, 5) is 7.86. The fraction of sp³-hybridized carbons (Fsp3) is 0.400. The maximum absolute atomic E-state index is 12.1. The van der Waals surface area contributed by atoms with E-state index in [2.05, 4.69) is 24.9 Å². The van der Waals surface area contributed by atoms with E-state index in [0.717, 1.165) is 22.7 Å². The lowest BCUT2D eigenvalue weighted by Gasteiger charge is -2.07. The van der Waals surface area contributed by atoms with E-state index >= 15 is 0 Å². The van der Waals surface area contributed by atoms with Gasteiger partial charge in [-0.1, -0.05) is 36.8 Å². The zero-order valence-corrected chi connectivity index (χ0v) is 13.2. The molecule has 0 bridgehead atoms. The highest BCUT2D eigenvalue weighted by atomic mass is 35.5. The summed E-state index contributed by atoms with van der Waals surface area (Å²) in [6, 6.07) is 0. The zero-order valence-electron chi connectivity index (χ0n) is 10.8. The summed E-state index contributed by atoms with van der Waals surface area (Å²) in [7, 11) is -3.78. The smallest absolute Gasteiger partial charge is 0.245 e. The minimum atomic E-state index is -3.78. The lowest BCUT2D eigenvalue weighted by molar-refractivity contribution is 0.602. The van der Waals surface area contributed by atoms with Crippen LogP contribution in [0.2, 0.25) is 4.47 Å². The van der Waals surface area contributed by atoms with Crippen LogP contribution in [0.25, 0.3) is 0 Å². The molecule has 0 unspecified atom stereocenters. The Morgan fingerprint density at radius 2 is 1.95 bits per heavy atom. The van der Waals surface area contributed by atoms with Crippen LogP contribution in [-0.2, 0) is 22.9 Å². The average molecular weight is 334 g/mol. The molecule has 0 aromatic carbocycles. The minimum Gasteiger partial charge on any atom is -0.245 e. The molecule has 2 aromatic rings. The van der Waals surface area contributed by atoms with Gasteiger partial charge >= 0.3 is 0 Å². The van der Waals surface area contributed by atoms with Crippen molar-refractivity contribution in [2.75, 3.05) is 4.72 Å². The highest BCUT2D eigenvalue weighted by molar-refractivity contribution is 7.94. The largest absolute Gasteiger partial charge is 0.275 e. The van der Waals surface area contributed by atoms with Gasteiger partial charge in [-0.2, -0.15) is 0 Å². The summed E-state index contributed by atoms with van der Waals surface area (Å²) in [6.07, 6.45) is 2.53. The Balaban J connectivity index is 2.30. The molecule has 2 aromatic heterocycles. The number of nitrogens with zero attached hydrogens (tertiary/aromatic N) is 4. The number of hydrogen-bond acceptors (Lipinski definition) is 7. The second-order valence-corrected chi connectivity index (χ2v) is 7.30. The number of thiazole rings is 1. The Bertz CT molecular complexity index is 716. The Morgan fingerprint density at radius 1 is 1.25 bits per heavy atom. The number of aryl methyl sites for hydroxylation is 2. The van der Waals surface area contributed by atoms with Gasteiger partial charge in [0.2, 0.25) is 0 Å². The molecule has 0 saturated heterocycles. The van der Waals surface area contributed by atoms with Gasteiger partial charge in [0, 0.05) is 0 Å². The van der Waals surface area contributed by atoms with Gasteiger partial charge in [-0.15, -0.1) is 10.2 Å². The molecule has 0 radical (unpaired) electrons. The zero-order chi connectivity index (χ0) is 14.8. The first-order chi connectivity index (χ1) is 9.46. The number of halogens is 1. The molecule has 7 nitrogen and oxygen atoms in total. The molecule has 0 spiro atoms. The van der Waals surface area contributed by atoms with Crippen molar-refractivity contribution in [1.82, 2.24) is 20.2 Å². The molecular weight excluding hydrogens is 322 g/mol. The number of anilines is 1. The maximum Gasteiger partial charge on any atom is 0.275 e. The third-order valence-electron chi connectivity index (χ3n) is 2.46. The van der Waals surface area contributed by atoms with Crippen LogP contribution in [0, 0.1) is 0 Å². The Labute approximate surface area is 125 Å². The summed E-state index contributed by atoms with van der Waals surface area (Å²) in [5, 5.41) is 7.75. The molecule has 0 aliphatic carbocycles. The summed E-state index contributed by atoms with van der Waals surface area (Å²) in [6.45, 7) is 3.86. The Morgan fingerprint density at radius 3 is 2.50 bits per heavy atom. The van der Waals surface area contributed by atoms with E-state index in [9.17, 15) is 8.42 Å². The quantitative estimate of drug-likeness (QED) is 0.897. The summed E-state index contributed by atoms with van der Waals surface area (Å²) >= 11 is 6.49. The molecule has 2 heterocycles. The highest BCUT2D eigenvalue weighted by Gasteiger charge is 2.20. The second kappa shape index (κ2) is 5.98. The second-order valence-electron chi connectivity index (χ2n) is 3.77. The van der Waals surface area contributed by atoms with Crippen molar-refractivity contribution in [3.63, 3.8) is 0 Å². The number of aromatic nitrogens is 4. The molecule has 0 aliphatic rings. The van der Waals surface area contributed by atoms with Crippen LogP contribution in [0.15, 0.2) is 10.4 Å². The van der Waals surface area contributed by atoms with Crippen LogP contribution in [-0.4, -0.2) is 28.6 Å². The van der Waals surface area contributed by atoms with Crippen LogP contribution in [0.4, 0.5) is 5.95 Å². The van der Waals surface area contributed by atoms with Crippen molar-refractivity contribution in [3.8, 4) is 0 Å². The maximum atomic E-state index is 12.1. The Hall–Kier alpha value is -1.32. The van der Waals surface area contributed by atoms with Crippen LogP contribution < -0.4 is 4.72 Å². The molecule has 0 aliphatic heterocycles. The van der Waals surface area contributed by atoms with Crippen LogP contribution in [0.1, 0.15) is 25.2 Å². The molecule has 108 valence electrons. The normalized spacial score (nSPS) is 11.6. The lowest BCUT2D eigenvalue weighted by atomic mass is 10.2. The molecule has 0 atom stereocenters.